The second-order valence-electron chi connectivity index (χ2n) is 8.52. The average molecular weight is 445 g/mol. The SMILES string of the molecule is CC(C)[C@]([C]=O)(NC(=O)[C@@H](N)CC(N)=O)N(CCCc1ccccc1)C(=O)[C@@H]1CCCN1. The van der Waals surface area contributed by atoms with Gasteiger partial charge in [-0.1, -0.05) is 44.2 Å². The quantitative estimate of drug-likeness (QED) is 0.333. The Morgan fingerprint density at radius 1 is 1.28 bits per heavy atom. The van der Waals surface area contributed by atoms with Crippen molar-refractivity contribution >= 4 is 24.0 Å². The molecule has 6 N–H and O–H groups in total. The molecule has 3 amide bonds. The van der Waals surface area contributed by atoms with Crippen LogP contribution in [0.2, 0.25) is 0 Å². The Bertz CT molecular complexity index is 795. The van der Waals surface area contributed by atoms with Crippen molar-refractivity contribution in [2.24, 2.45) is 17.4 Å². The van der Waals surface area contributed by atoms with Gasteiger partial charge in [0.05, 0.1) is 18.5 Å². The molecule has 1 aliphatic heterocycles. The summed E-state index contributed by atoms with van der Waals surface area (Å²) < 4.78 is 0. The van der Waals surface area contributed by atoms with E-state index in [1.54, 1.807) is 13.8 Å². The number of benzene rings is 1. The summed E-state index contributed by atoms with van der Waals surface area (Å²) in [7, 11) is 0. The normalized spacial score (nSPS) is 18.6. The van der Waals surface area contributed by atoms with Crippen LogP contribution in [0.15, 0.2) is 30.3 Å². The van der Waals surface area contributed by atoms with Crippen molar-refractivity contribution in [2.75, 3.05) is 13.1 Å². The number of hydrogen-bond donors (Lipinski definition) is 4. The van der Waals surface area contributed by atoms with Gasteiger partial charge in [0.1, 0.15) is 0 Å². The zero-order valence-corrected chi connectivity index (χ0v) is 18.8. The summed E-state index contributed by atoms with van der Waals surface area (Å²) in [6.07, 6.45) is 4.35. The summed E-state index contributed by atoms with van der Waals surface area (Å²) in [6.45, 7) is 4.41. The number of aryl methyl sites for hydroxylation is 1. The summed E-state index contributed by atoms with van der Waals surface area (Å²) in [5, 5.41) is 5.78. The van der Waals surface area contributed by atoms with E-state index in [0.717, 1.165) is 12.0 Å². The van der Waals surface area contributed by atoms with Crippen LogP contribution in [0.25, 0.3) is 0 Å². The molecule has 3 atom stereocenters. The van der Waals surface area contributed by atoms with Crippen LogP contribution in [0.1, 0.15) is 45.1 Å². The van der Waals surface area contributed by atoms with Crippen LogP contribution in [-0.2, 0) is 25.6 Å². The van der Waals surface area contributed by atoms with E-state index in [-0.39, 0.29) is 18.9 Å². The second kappa shape index (κ2) is 11.7. The van der Waals surface area contributed by atoms with E-state index in [1.165, 1.54) is 4.90 Å². The molecule has 2 rings (SSSR count). The highest BCUT2D eigenvalue weighted by molar-refractivity contribution is 5.92. The molecular weight excluding hydrogens is 410 g/mol. The molecule has 175 valence electrons. The number of carbonyl (C=O) groups excluding carboxylic acids is 4. The van der Waals surface area contributed by atoms with E-state index in [9.17, 15) is 19.2 Å². The molecule has 9 heteroatoms. The molecule has 9 nitrogen and oxygen atoms in total. The summed E-state index contributed by atoms with van der Waals surface area (Å²) >= 11 is 0. The van der Waals surface area contributed by atoms with E-state index < -0.39 is 35.5 Å². The van der Waals surface area contributed by atoms with Gasteiger partial charge in [-0.2, -0.15) is 0 Å². The van der Waals surface area contributed by atoms with Crippen molar-refractivity contribution in [3.63, 3.8) is 0 Å². The Kier molecular flexibility index (Phi) is 9.34. The minimum absolute atomic E-state index is 0.241. The molecular formula is C23H34N5O4. The van der Waals surface area contributed by atoms with Gasteiger partial charge in [0.15, 0.2) is 5.66 Å². The highest BCUT2D eigenvalue weighted by Crippen LogP contribution is 2.24. The molecule has 0 aliphatic carbocycles. The van der Waals surface area contributed by atoms with Gasteiger partial charge < -0.3 is 27.0 Å². The molecule has 0 unspecified atom stereocenters. The molecule has 32 heavy (non-hydrogen) atoms. The first-order valence-electron chi connectivity index (χ1n) is 11.0. The fourth-order valence-electron chi connectivity index (χ4n) is 3.94. The Morgan fingerprint density at radius 2 is 1.97 bits per heavy atom. The molecule has 0 bridgehead atoms. The maximum atomic E-state index is 13.5. The molecule has 1 aromatic rings. The zero-order valence-electron chi connectivity index (χ0n) is 18.8. The summed E-state index contributed by atoms with van der Waals surface area (Å²) in [5.74, 6) is -2.23. The van der Waals surface area contributed by atoms with Crippen molar-refractivity contribution in [3.8, 4) is 0 Å². The van der Waals surface area contributed by atoms with E-state index in [0.29, 0.717) is 25.8 Å². The summed E-state index contributed by atoms with van der Waals surface area (Å²) in [4.78, 5) is 51.1. The van der Waals surface area contributed by atoms with Gasteiger partial charge in [0.2, 0.25) is 24.0 Å². The van der Waals surface area contributed by atoms with Crippen molar-refractivity contribution in [3.05, 3.63) is 35.9 Å². The van der Waals surface area contributed by atoms with Crippen molar-refractivity contribution in [2.45, 2.75) is 63.7 Å². The average Bonchev–Trinajstić information content (AvgIpc) is 3.30. The summed E-state index contributed by atoms with van der Waals surface area (Å²) in [6, 6.07) is 8.14. The van der Waals surface area contributed by atoms with Crippen LogP contribution in [0.3, 0.4) is 0 Å². The van der Waals surface area contributed by atoms with E-state index in [4.69, 9.17) is 11.5 Å². The monoisotopic (exact) mass is 444 g/mol. The van der Waals surface area contributed by atoms with E-state index >= 15 is 0 Å². The lowest BCUT2D eigenvalue weighted by atomic mass is 9.92. The number of hydrogen-bond acceptors (Lipinski definition) is 6. The number of nitrogens with one attached hydrogen (secondary N) is 2. The number of rotatable bonds is 12. The fraction of sp³-hybridized carbons (Fsp3) is 0.565. The van der Waals surface area contributed by atoms with Crippen LogP contribution >= 0.6 is 0 Å². The zero-order chi connectivity index (χ0) is 23.7. The van der Waals surface area contributed by atoms with Gasteiger partial charge in [-0.3, -0.25) is 19.2 Å². The van der Waals surface area contributed by atoms with Crippen LogP contribution in [-0.4, -0.2) is 59.7 Å². The third-order valence-corrected chi connectivity index (χ3v) is 5.80. The first-order valence-corrected chi connectivity index (χ1v) is 11.0. The number of nitrogens with zero attached hydrogens (tertiary/aromatic N) is 1. The molecule has 1 heterocycles. The van der Waals surface area contributed by atoms with E-state index in [2.05, 4.69) is 10.6 Å². The molecule has 1 saturated heterocycles. The predicted molar refractivity (Wildman–Crippen MR) is 121 cm³/mol. The Morgan fingerprint density at radius 3 is 2.50 bits per heavy atom. The lowest BCUT2D eigenvalue weighted by Gasteiger charge is -2.44. The Balaban J connectivity index is 2.30. The maximum absolute atomic E-state index is 13.5. The topological polar surface area (TPSA) is 148 Å². The molecule has 0 saturated carbocycles. The van der Waals surface area contributed by atoms with Crippen LogP contribution in [0.5, 0.6) is 0 Å². The smallest absolute Gasteiger partial charge is 0.249 e. The third-order valence-electron chi connectivity index (χ3n) is 5.80. The van der Waals surface area contributed by atoms with Crippen LogP contribution in [0.4, 0.5) is 0 Å². The maximum Gasteiger partial charge on any atom is 0.249 e. The standard InChI is InChI=1S/C23H34N5O4/c1-16(2)23(15-29,27-21(31)18(24)14-20(25)30)28(22(32)19-11-6-12-26-19)13-7-10-17-8-4-3-5-9-17/h3-5,8-9,16,18-19,26H,6-7,10-14,24H2,1-2H3,(H2,25,30)(H,27,31)/t18-,19-,23+/m0/s1. The second-order valence-corrected chi connectivity index (χ2v) is 8.52. The Labute approximate surface area is 189 Å². The highest BCUT2D eigenvalue weighted by atomic mass is 16.2. The minimum atomic E-state index is -1.72. The van der Waals surface area contributed by atoms with Gasteiger partial charge in [-0.15, -0.1) is 0 Å². The minimum Gasteiger partial charge on any atom is -0.370 e. The largest absolute Gasteiger partial charge is 0.370 e. The van der Waals surface area contributed by atoms with Gasteiger partial charge in [0, 0.05) is 12.5 Å². The fourth-order valence-corrected chi connectivity index (χ4v) is 3.94. The van der Waals surface area contributed by atoms with Crippen molar-refractivity contribution in [1.82, 2.24) is 15.5 Å². The molecule has 1 aromatic carbocycles. The molecule has 0 aromatic heterocycles. The van der Waals surface area contributed by atoms with Gasteiger partial charge >= 0.3 is 0 Å². The van der Waals surface area contributed by atoms with Crippen LogP contribution < -0.4 is 22.1 Å². The first-order chi connectivity index (χ1) is 15.2. The molecule has 1 aliphatic rings. The van der Waals surface area contributed by atoms with Crippen molar-refractivity contribution < 1.29 is 19.2 Å². The number of nitrogens with two attached hydrogens (primary N) is 2. The molecule has 1 fully saturated rings. The third kappa shape index (κ3) is 6.37. The summed E-state index contributed by atoms with van der Waals surface area (Å²) in [5.41, 5.74) is 10.3. The van der Waals surface area contributed by atoms with Gasteiger partial charge in [-0.25, -0.2) is 0 Å². The first kappa shape index (κ1) is 25.5. The predicted octanol–water partition coefficient (Wildman–Crippen LogP) is -0.0193. The molecule has 1 radical (unpaired) electrons. The van der Waals surface area contributed by atoms with E-state index in [1.807, 2.05) is 36.6 Å². The number of amides is 3. The lowest BCUT2D eigenvalue weighted by molar-refractivity contribution is -0.143. The highest BCUT2D eigenvalue weighted by Gasteiger charge is 2.47. The number of primary amides is 1. The lowest BCUT2D eigenvalue weighted by Crippen LogP contribution is -2.70. The Hall–Kier alpha value is -2.78. The number of carbonyl (C=O) groups is 3. The van der Waals surface area contributed by atoms with Gasteiger partial charge in [0.25, 0.3) is 0 Å². The van der Waals surface area contributed by atoms with Gasteiger partial charge in [-0.05, 0) is 37.8 Å². The van der Waals surface area contributed by atoms with Crippen LogP contribution in [0, 0.1) is 5.92 Å². The van der Waals surface area contributed by atoms with Crippen molar-refractivity contribution in [1.29, 1.82) is 0 Å². The molecule has 0 spiro atoms.